The Balaban J connectivity index is 1.76. The van der Waals surface area contributed by atoms with Crippen LogP contribution >= 0.6 is 11.3 Å². The van der Waals surface area contributed by atoms with Crippen LogP contribution in [-0.2, 0) is 0 Å². The van der Waals surface area contributed by atoms with Crippen molar-refractivity contribution < 1.29 is 0 Å². The van der Waals surface area contributed by atoms with Gasteiger partial charge in [-0.3, -0.25) is 0 Å². The van der Waals surface area contributed by atoms with Gasteiger partial charge in [0.1, 0.15) is 0 Å². The molecule has 220 valence electrons. The number of benzene rings is 3. The normalized spacial score (nSPS) is 16.7. The monoisotopic (exact) mass is 582 g/mol. The van der Waals surface area contributed by atoms with Crippen LogP contribution in [0.2, 0.25) is 5.82 Å². The third-order valence-corrected chi connectivity index (χ3v) is 11.0. The SMILES string of the molecule is CC1=CC(C)C(B(c2ccc(B(c3c(C)cc(C)cc3C)c3c(C)cc(C)cc3C)s2)c2c(C)cc(C)cc2C)C(C)=C1. The number of allylic oxidation sites excluding steroid dienone is 4. The Hall–Kier alpha value is -3.03. The van der Waals surface area contributed by atoms with Gasteiger partial charge in [0.25, 0.3) is 6.71 Å². The molecule has 1 aliphatic rings. The zero-order valence-electron chi connectivity index (χ0n) is 28.5. The smallest absolute Gasteiger partial charge is 0.164 e. The minimum atomic E-state index is 0.211. The molecule has 0 radical (unpaired) electrons. The Morgan fingerprint density at radius 1 is 0.535 bits per heavy atom. The van der Waals surface area contributed by atoms with E-state index in [-0.39, 0.29) is 6.71 Å². The molecule has 0 nitrogen and oxygen atoms in total. The van der Waals surface area contributed by atoms with Crippen LogP contribution in [0.5, 0.6) is 0 Å². The molecule has 0 bridgehead atoms. The van der Waals surface area contributed by atoms with Crippen molar-refractivity contribution in [2.45, 2.75) is 88.9 Å². The van der Waals surface area contributed by atoms with Gasteiger partial charge in [-0.1, -0.05) is 145 Å². The molecule has 0 spiro atoms. The highest BCUT2D eigenvalue weighted by Gasteiger charge is 2.39. The number of hydrogen-bond donors (Lipinski definition) is 0. The fourth-order valence-electron chi connectivity index (χ4n) is 8.60. The van der Waals surface area contributed by atoms with E-state index in [2.05, 4.69) is 144 Å². The lowest BCUT2D eigenvalue weighted by molar-refractivity contribution is 0.690. The molecule has 0 fully saturated rings. The van der Waals surface area contributed by atoms with Crippen LogP contribution in [0.15, 0.2) is 71.8 Å². The first kappa shape index (κ1) is 31.4. The van der Waals surface area contributed by atoms with Crippen LogP contribution in [0.4, 0.5) is 0 Å². The summed E-state index contributed by atoms with van der Waals surface area (Å²) in [6.07, 6.45) is 4.91. The van der Waals surface area contributed by atoms with E-state index < -0.39 is 0 Å². The zero-order valence-corrected chi connectivity index (χ0v) is 29.3. The van der Waals surface area contributed by atoms with Crippen LogP contribution < -0.4 is 25.9 Å². The molecule has 5 rings (SSSR count). The molecule has 0 aliphatic heterocycles. The summed E-state index contributed by atoms with van der Waals surface area (Å²) in [6, 6.07) is 19.2. The number of hydrogen-bond acceptors (Lipinski definition) is 1. The lowest BCUT2D eigenvalue weighted by atomic mass is 9.31. The fourth-order valence-corrected chi connectivity index (χ4v) is 9.89. The van der Waals surface area contributed by atoms with Crippen molar-refractivity contribution in [1.29, 1.82) is 0 Å². The highest BCUT2D eigenvalue weighted by atomic mass is 32.1. The molecule has 1 heterocycles. The van der Waals surface area contributed by atoms with Gasteiger partial charge in [-0.25, -0.2) is 0 Å². The standard InChI is InChI=1S/C40H48B2S/c1-23-15-27(5)37(28(6)16-23)41(38-29(7)17-24(2)18-30(38)8)35-13-14-36(43-35)42(39-31(9)19-25(3)20-32(39)10)40-33(11)21-26(4)22-34(40)12/h13-22,27,37H,1-12H3. The Labute approximate surface area is 266 Å². The molecule has 2 atom stereocenters. The summed E-state index contributed by atoms with van der Waals surface area (Å²) in [5.74, 6) is 0.902. The van der Waals surface area contributed by atoms with Crippen LogP contribution in [0.3, 0.4) is 0 Å². The highest BCUT2D eigenvalue weighted by molar-refractivity contribution is 7.35. The molecule has 0 saturated carbocycles. The lowest BCUT2D eigenvalue weighted by Gasteiger charge is -2.34. The number of rotatable bonds is 6. The van der Waals surface area contributed by atoms with Crippen LogP contribution in [0.25, 0.3) is 0 Å². The van der Waals surface area contributed by atoms with Crippen molar-refractivity contribution in [2.75, 3.05) is 0 Å². The summed E-state index contributed by atoms with van der Waals surface area (Å²) >= 11 is 2.05. The van der Waals surface area contributed by atoms with E-state index >= 15 is 0 Å². The van der Waals surface area contributed by atoms with Crippen molar-refractivity contribution in [3.05, 3.63) is 122 Å². The molecule has 4 aromatic rings. The first-order valence-corrected chi connectivity index (χ1v) is 16.8. The average Bonchev–Trinajstić information content (AvgIpc) is 3.34. The average molecular weight is 583 g/mol. The van der Waals surface area contributed by atoms with Gasteiger partial charge >= 0.3 is 0 Å². The molecule has 43 heavy (non-hydrogen) atoms. The molecule has 3 heteroatoms. The summed E-state index contributed by atoms with van der Waals surface area (Å²) in [5.41, 5.74) is 19.7. The second kappa shape index (κ2) is 12.2. The van der Waals surface area contributed by atoms with E-state index in [4.69, 9.17) is 0 Å². The maximum atomic E-state index is 2.49. The van der Waals surface area contributed by atoms with Crippen LogP contribution in [0, 0.1) is 68.2 Å². The molecule has 0 N–H and O–H groups in total. The molecular weight excluding hydrogens is 534 g/mol. The molecule has 0 saturated heterocycles. The second-order valence-corrected chi connectivity index (χ2v) is 14.9. The molecule has 0 amide bonds. The predicted molar refractivity (Wildman–Crippen MR) is 196 cm³/mol. The highest BCUT2D eigenvalue weighted by Crippen LogP contribution is 2.37. The van der Waals surface area contributed by atoms with Crippen molar-refractivity contribution in [3.8, 4) is 0 Å². The molecule has 2 unspecified atom stereocenters. The van der Waals surface area contributed by atoms with Gasteiger partial charge in [-0.05, 0) is 97.4 Å². The number of aryl methyl sites for hydroxylation is 9. The van der Waals surface area contributed by atoms with Gasteiger partial charge < -0.3 is 0 Å². The maximum Gasteiger partial charge on any atom is 0.254 e. The first-order chi connectivity index (χ1) is 20.3. The summed E-state index contributed by atoms with van der Waals surface area (Å²) in [4.78, 5) is 0. The maximum absolute atomic E-state index is 2.49. The molecule has 1 aliphatic carbocycles. The van der Waals surface area contributed by atoms with Crippen molar-refractivity contribution >= 4 is 50.7 Å². The number of thiophene rings is 1. The fraction of sp³-hybridized carbons (Fsp3) is 0.350. The minimum Gasteiger partial charge on any atom is -0.164 e. The Morgan fingerprint density at radius 2 is 0.930 bits per heavy atom. The van der Waals surface area contributed by atoms with E-state index in [1.54, 1.807) is 0 Å². The van der Waals surface area contributed by atoms with Gasteiger partial charge in [0.05, 0.1) is 0 Å². The largest absolute Gasteiger partial charge is 0.254 e. The zero-order chi connectivity index (χ0) is 31.3. The van der Waals surface area contributed by atoms with Gasteiger partial charge in [0.15, 0.2) is 0 Å². The van der Waals surface area contributed by atoms with E-state index in [0.29, 0.717) is 18.4 Å². The van der Waals surface area contributed by atoms with Gasteiger partial charge in [0, 0.05) is 0 Å². The molecule has 1 aromatic heterocycles. The summed E-state index contributed by atoms with van der Waals surface area (Å²) in [5, 5.41) is 0. The second-order valence-electron chi connectivity index (χ2n) is 13.8. The first-order valence-electron chi connectivity index (χ1n) is 16.0. The van der Waals surface area contributed by atoms with E-state index in [9.17, 15) is 0 Å². The third-order valence-electron chi connectivity index (χ3n) is 9.77. The van der Waals surface area contributed by atoms with Crippen LogP contribution in [0.1, 0.15) is 70.8 Å². The predicted octanol–water partition coefficient (Wildman–Crippen LogP) is 7.56. The summed E-state index contributed by atoms with van der Waals surface area (Å²) < 4.78 is 2.93. The quantitative estimate of drug-likeness (QED) is 0.206. The summed E-state index contributed by atoms with van der Waals surface area (Å²) in [7, 11) is 0. The van der Waals surface area contributed by atoms with E-state index in [0.717, 1.165) is 0 Å². The summed E-state index contributed by atoms with van der Waals surface area (Å²) in [6.45, 7) is 28.1. The Bertz CT molecular complexity index is 1640. The van der Waals surface area contributed by atoms with Gasteiger partial charge in [-0.2, -0.15) is 11.3 Å². The topological polar surface area (TPSA) is 0 Å². The van der Waals surface area contributed by atoms with E-state index in [1.807, 2.05) is 11.3 Å². The van der Waals surface area contributed by atoms with Gasteiger partial charge in [-0.15, -0.1) is 0 Å². The third kappa shape index (κ3) is 6.03. The van der Waals surface area contributed by atoms with Crippen molar-refractivity contribution in [2.24, 2.45) is 5.92 Å². The van der Waals surface area contributed by atoms with Crippen molar-refractivity contribution in [1.82, 2.24) is 0 Å². The molecule has 3 aromatic carbocycles. The van der Waals surface area contributed by atoms with Gasteiger partial charge in [0.2, 0.25) is 6.71 Å². The van der Waals surface area contributed by atoms with Crippen LogP contribution in [-0.4, -0.2) is 13.4 Å². The Morgan fingerprint density at radius 3 is 1.35 bits per heavy atom. The Kier molecular flexibility index (Phi) is 8.88. The lowest BCUT2D eigenvalue weighted by Crippen LogP contribution is -2.55. The van der Waals surface area contributed by atoms with E-state index in [1.165, 1.54) is 87.2 Å². The van der Waals surface area contributed by atoms with Crippen molar-refractivity contribution in [3.63, 3.8) is 0 Å². The molecular formula is C40H48B2S. The minimum absolute atomic E-state index is 0.211.